The predicted molar refractivity (Wildman–Crippen MR) is 74.0 cm³/mol. The van der Waals surface area contributed by atoms with Gasteiger partial charge in [-0.2, -0.15) is 5.10 Å². The van der Waals surface area contributed by atoms with E-state index in [9.17, 15) is 9.59 Å². The molecule has 1 aliphatic carbocycles. The molecule has 108 valence electrons. The number of piperidine rings is 1. The van der Waals surface area contributed by atoms with Gasteiger partial charge in [-0.1, -0.05) is 0 Å². The zero-order valence-corrected chi connectivity index (χ0v) is 11.7. The van der Waals surface area contributed by atoms with E-state index in [4.69, 9.17) is 0 Å². The monoisotopic (exact) mass is 276 g/mol. The van der Waals surface area contributed by atoms with Crippen molar-refractivity contribution in [1.29, 1.82) is 0 Å². The third-order valence-corrected chi connectivity index (χ3v) is 4.11. The molecule has 6 heteroatoms. The second-order valence-electron chi connectivity index (χ2n) is 5.81. The summed E-state index contributed by atoms with van der Waals surface area (Å²) in [6.45, 7) is 3.24. The standard InChI is InChI=1S/C14H20N4O2/c1-9-7-15-17-12(9)16-13(19)11-3-2-6-18(8-11)14(20)10-4-5-10/h7,10-11H,2-6,8H2,1H3,(H2,15,16,17,19). The molecule has 6 nitrogen and oxygen atoms in total. The minimum atomic E-state index is -0.117. The summed E-state index contributed by atoms with van der Waals surface area (Å²) < 4.78 is 0. The first-order valence-corrected chi connectivity index (χ1v) is 7.25. The summed E-state index contributed by atoms with van der Waals surface area (Å²) in [5, 5.41) is 9.53. The Hall–Kier alpha value is -1.85. The molecule has 2 N–H and O–H groups in total. The molecule has 1 saturated carbocycles. The molecule has 1 aliphatic heterocycles. The molecule has 1 aromatic rings. The number of likely N-dealkylation sites (tertiary alicyclic amines) is 1. The van der Waals surface area contributed by atoms with Crippen LogP contribution in [0.15, 0.2) is 6.20 Å². The molecule has 0 bridgehead atoms. The zero-order chi connectivity index (χ0) is 14.1. The molecule has 2 heterocycles. The smallest absolute Gasteiger partial charge is 0.230 e. The number of aromatic amines is 1. The van der Waals surface area contributed by atoms with Crippen molar-refractivity contribution in [2.24, 2.45) is 11.8 Å². The van der Waals surface area contributed by atoms with Crippen LogP contribution < -0.4 is 5.32 Å². The van der Waals surface area contributed by atoms with Gasteiger partial charge in [0.15, 0.2) is 0 Å². The van der Waals surface area contributed by atoms with E-state index in [1.165, 1.54) is 0 Å². The van der Waals surface area contributed by atoms with Crippen LogP contribution in [0.2, 0.25) is 0 Å². The van der Waals surface area contributed by atoms with Crippen LogP contribution in [0.4, 0.5) is 5.82 Å². The molecule has 1 unspecified atom stereocenters. The van der Waals surface area contributed by atoms with Crippen molar-refractivity contribution in [2.45, 2.75) is 32.6 Å². The number of aryl methyl sites for hydroxylation is 1. The number of carbonyl (C=O) groups is 2. The molecule has 2 aliphatic rings. The molecule has 0 radical (unpaired) electrons. The first-order chi connectivity index (χ1) is 9.65. The molecule has 3 rings (SSSR count). The first kappa shape index (κ1) is 13.1. The highest BCUT2D eigenvalue weighted by molar-refractivity contribution is 5.93. The fourth-order valence-electron chi connectivity index (χ4n) is 2.68. The van der Waals surface area contributed by atoms with E-state index in [-0.39, 0.29) is 23.7 Å². The van der Waals surface area contributed by atoms with Crippen LogP contribution >= 0.6 is 0 Å². The molecule has 2 fully saturated rings. The number of amides is 2. The SMILES string of the molecule is Cc1cn[nH]c1NC(=O)C1CCCN(C(=O)C2CC2)C1. The summed E-state index contributed by atoms with van der Waals surface area (Å²) in [6.07, 6.45) is 5.45. The Morgan fingerprint density at radius 1 is 1.35 bits per heavy atom. The summed E-state index contributed by atoms with van der Waals surface area (Å²) >= 11 is 0. The van der Waals surface area contributed by atoms with E-state index in [1.807, 2.05) is 11.8 Å². The predicted octanol–water partition coefficient (Wildman–Crippen LogP) is 1.31. The normalized spacial score (nSPS) is 22.6. The number of rotatable bonds is 3. The van der Waals surface area contributed by atoms with Gasteiger partial charge in [-0.25, -0.2) is 0 Å². The summed E-state index contributed by atoms with van der Waals surface area (Å²) in [6, 6.07) is 0. The number of hydrogen-bond acceptors (Lipinski definition) is 3. The van der Waals surface area contributed by atoms with Crippen molar-refractivity contribution >= 4 is 17.6 Å². The molecule has 1 atom stereocenters. The van der Waals surface area contributed by atoms with Gasteiger partial charge in [0.2, 0.25) is 11.8 Å². The molecular formula is C14H20N4O2. The first-order valence-electron chi connectivity index (χ1n) is 7.25. The third kappa shape index (κ3) is 2.69. The second kappa shape index (κ2) is 5.26. The van der Waals surface area contributed by atoms with E-state index in [0.717, 1.165) is 37.8 Å². The Bertz CT molecular complexity index is 521. The summed E-state index contributed by atoms with van der Waals surface area (Å²) in [5.74, 6) is 0.979. The Kier molecular flexibility index (Phi) is 3.46. The number of nitrogens with zero attached hydrogens (tertiary/aromatic N) is 2. The van der Waals surface area contributed by atoms with Crippen LogP contribution in [0.25, 0.3) is 0 Å². The Balaban J connectivity index is 1.60. The Morgan fingerprint density at radius 3 is 2.80 bits per heavy atom. The van der Waals surface area contributed by atoms with Gasteiger partial charge in [-0.3, -0.25) is 14.7 Å². The minimum Gasteiger partial charge on any atom is -0.342 e. The number of carbonyl (C=O) groups excluding carboxylic acids is 2. The lowest BCUT2D eigenvalue weighted by Crippen LogP contribution is -2.44. The average molecular weight is 276 g/mol. The fourth-order valence-corrected chi connectivity index (χ4v) is 2.68. The van der Waals surface area contributed by atoms with Crippen molar-refractivity contribution in [3.05, 3.63) is 11.8 Å². The number of H-pyrrole nitrogens is 1. The van der Waals surface area contributed by atoms with Crippen molar-refractivity contribution in [3.8, 4) is 0 Å². The van der Waals surface area contributed by atoms with Gasteiger partial charge in [-0.05, 0) is 32.6 Å². The maximum Gasteiger partial charge on any atom is 0.230 e. The molecule has 1 aromatic heterocycles. The zero-order valence-electron chi connectivity index (χ0n) is 11.7. The number of anilines is 1. The highest BCUT2D eigenvalue weighted by Gasteiger charge is 2.36. The average Bonchev–Trinajstić information content (AvgIpc) is 3.23. The quantitative estimate of drug-likeness (QED) is 0.873. The van der Waals surface area contributed by atoms with Gasteiger partial charge in [0.1, 0.15) is 5.82 Å². The topological polar surface area (TPSA) is 78.1 Å². The largest absolute Gasteiger partial charge is 0.342 e. The molecule has 1 saturated heterocycles. The van der Waals surface area contributed by atoms with Gasteiger partial charge < -0.3 is 10.2 Å². The van der Waals surface area contributed by atoms with Crippen molar-refractivity contribution in [2.75, 3.05) is 18.4 Å². The van der Waals surface area contributed by atoms with E-state index in [0.29, 0.717) is 12.4 Å². The summed E-state index contributed by atoms with van der Waals surface area (Å²) in [5.41, 5.74) is 0.917. The maximum absolute atomic E-state index is 12.3. The van der Waals surface area contributed by atoms with Crippen LogP contribution in [0, 0.1) is 18.8 Å². The molecule has 0 aromatic carbocycles. The van der Waals surface area contributed by atoms with E-state index < -0.39 is 0 Å². The van der Waals surface area contributed by atoms with Crippen molar-refractivity contribution in [3.63, 3.8) is 0 Å². The third-order valence-electron chi connectivity index (χ3n) is 4.11. The lowest BCUT2D eigenvalue weighted by Gasteiger charge is -2.32. The lowest BCUT2D eigenvalue weighted by atomic mass is 9.96. The Morgan fingerprint density at radius 2 is 2.15 bits per heavy atom. The van der Waals surface area contributed by atoms with E-state index >= 15 is 0 Å². The van der Waals surface area contributed by atoms with Crippen LogP contribution in [0.3, 0.4) is 0 Å². The van der Waals surface area contributed by atoms with E-state index in [2.05, 4.69) is 15.5 Å². The second-order valence-corrected chi connectivity index (χ2v) is 5.81. The maximum atomic E-state index is 12.3. The van der Waals surface area contributed by atoms with Gasteiger partial charge >= 0.3 is 0 Å². The van der Waals surface area contributed by atoms with Crippen LogP contribution in [0.5, 0.6) is 0 Å². The van der Waals surface area contributed by atoms with Crippen molar-refractivity contribution in [1.82, 2.24) is 15.1 Å². The summed E-state index contributed by atoms with van der Waals surface area (Å²) in [4.78, 5) is 26.2. The number of aromatic nitrogens is 2. The molecule has 0 spiro atoms. The van der Waals surface area contributed by atoms with Gasteiger partial charge in [0.25, 0.3) is 0 Å². The van der Waals surface area contributed by atoms with Gasteiger partial charge in [0, 0.05) is 24.6 Å². The molecule has 20 heavy (non-hydrogen) atoms. The fraction of sp³-hybridized carbons (Fsp3) is 0.643. The Labute approximate surface area is 117 Å². The minimum absolute atomic E-state index is 0.0225. The summed E-state index contributed by atoms with van der Waals surface area (Å²) in [7, 11) is 0. The van der Waals surface area contributed by atoms with Crippen LogP contribution in [0.1, 0.15) is 31.2 Å². The van der Waals surface area contributed by atoms with Crippen molar-refractivity contribution < 1.29 is 9.59 Å². The number of hydrogen-bond donors (Lipinski definition) is 2. The number of nitrogens with one attached hydrogen (secondary N) is 2. The highest BCUT2D eigenvalue weighted by Crippen LogP contribution is 2.32. The highest BCUT2D eigenvalue weighted by atomic mass is 16.2. The van der Waals surface area contributed by atoms with Crippen LogP contribution in [-0.4, -0.2) is 40.0 Å². The van der Waals surface area contributed by atoms with Gasteiger partial charge in [0.05, 0.1) is 12.1 Å². The van der Waals surface area contributed by atoms with Crippen LogP contribution in [-0.2, 0) is 9.59 Å². The molecular weight excluding hydrogens is 256 g/mol. The lowest BCUT2D eigenvalue weighted by molar-refractivity contribution is -0.135. The van der Waals surface area contributed by atoms with Gasteiger partial charge in [-0.15, -0.1) is 0 Å². The molecule has 2 amide bonds. The van der Waals surface area contributed by atoms with E-state index in [1.54, 1.807) is 6.20 Å².